The van der Waals surface area contributed by atoms with Crippen LogP contribution in [0, 0.1) is 0 Å². The van der Waals surface area contributed by atoms with Crippen molar-refractivity contribution in [2.24, 2.45) is 5.73 Å². The molecule has 4 heteroatoms. The molecule has 2 unspecified atom stereocenters. The van der Waals surface area contributed by atoms with Crippen LogP contribution < -0.4 is 10.5 Å². The molecule has 0 aromatic heterocycles. The third-order valence-corrected chi connectivity index (χ3v) is 2.85. The second-order valence-electron chi connectivity index (χ2n) is 4.55. The Morgan fingerprint density at radius 2 is 2.00 bits per heavy atom. The summed E-state index contributed by atoms with van der Waals surface area (Å²) >= 11 is 0. The first kappa shape index (κ1) is 14.5. The molecule has 0 spiro atoms. The van der Waals surface area contributed by atoms with Gasteiger partial charge in [0.15, 0.2) is 6.10 Å². The number of carbonyl (C=O) groups excluding carboxylic acids is 1. The topological polar surface area (TPSA) is 55.6 Å². The van der Waals surface area contributed by atoms with Gasteiger partial charge in [-0.25, -0.2) is 0 Å². The number of likely N-dealkylation sites (N-methyl/N-ethyl adjacent to an activating group) is 1. The Hall–Kier alpha value is -1.55. The lowest BCUT2D eigenvalue weighted by atomic mass is 10.0. The Morgan fingerprint density at radius 3 is 2.56 bits per heavy atom. The van der Waals surface area contributed by atoms with E-state index in [9.17, 15) is 4.79 Å². The van der Waals surface area contributed by atoms with E-state index >= 15 is 0 Å². The molecule has 0 heterocycles. The molecule has 0 bridgehead atoms. The number of carbonyl (C=O) groups is 1. The summed E-state index contributed by atoms with van der Waals surface area (Å²) in [5, 5.41) is 0. The molecule has 1 amide bonds. The molecular formula is C14H22N2O2. The number of amides is 1. The van der Waals surface area contributed by atoms with Gasteiger partial charge in [0.05, 0.1) is 0 Å². The number of hydrogen-bond acceptors (Lipinski definition) is 3. The Balaban J connectivity index is 2.87. The van der Waals surface area contributed by atoms with E-state index in [0.29, 0.717) is 5.75 Å². The standard InChI is InChI=1S/C14H22N2O2/c1-5-12(15)11-8-6-7-9-13(11)18-10(2)14(17)16(3)4/h6-10,12H,5,15H2,1-4H3. The summed E-state index contributed by atoms with van der Waals surface area (Å²) in [6, 6.07) is 7.54. The number of nitrogens with zero attached hydrogens (tertiary/aromatic N) is 1. The zero-order chi connectivity index (χ0) is 13.7. The fraction of sp³-hybridized carbons (Fsp3) is 0.500. The van der Waals surface area contributed by atoms with E-state index in [0.717, 1.165) is 12.0 Å². The molecule has 1 aromatic rings. The smallest absolute Gasteiger partial charge is 0.262 e. The molecule has 100 valence electrons. The quantitative estimate of drug-likeness (QED) is 0.869. The molecule has 0 radical (unpaired) electrons. The third-order valence-electron chi connectivity index (χ3n) is 2.85. The maximum atomic E-state index is 11.8. The van der Waals surface area contributed by atoms with Crippen LogP contribution in [0.4, 0.5) is 0 Å². The maximum Gasteiger partial charge on any atom is 0.262 e. The van der Waals surface area contributed by atoms with E-state index in [1.54, 1.807) is 21.0 Å². The van der Waals surface area contributed by atoms with Gasteiger partial charge in [0.25, 0.3) is 5.91 Å². The average molecular weight is 250 g/mol. The van der Waals surface area contributed by atoms with Gasteiger partial charge in [-0.3, -0.25) is 4.79 Å². The predicted octanol–water partition coefficient (Wildman–Crippen LogP) is 1.95. The number of ether oxygens (including phenoxy) is 1. The summed E-state index contributed by atoms with van der Waals surface area (Å²) in [6.07, 6.45) is 0.321. The molecule has 4 nitrogen and oxygen atoms in total. The summed E-state index contributed by atoms with van der Waals surface area (Å²) < 4.78 is 5.72. The summed E-state index contributed by atoms with van der Waals surface area (Å²) in [5.74, 6) is 0.629. The second-order valence-corrected chi connectivity index (χ2v) is 4.55. The van der Waals surface area contributed by atoms with Crippen LogP contribution in [0.5, 0.6) is 5.75 Å². The van der Waals surface area contributed by atoms with Crippen molar-refractivity contribution in [3.63, 3.8) is 0 Å². The molecule has 0 saturated heterocycles. The van der Waals surface area contributed by atoms with Crippen LogP contribution in [0.15, 0.2) is 24.3 Å². The molecule has 2 N–H and O–H groups in total. The minimum absolute atomic E-state index is 0.0603. The van der Waals surface area contributed by atoms with Gasteiger partial charge in [0.1, 0.15) is 5.75 Å². The highest BCUT2D eigenvalue weighted by Gasteiger charge is 2.19. The van der Waals surface area contributed by atoms with Crippen LogP contribution in [-0.4, -0.2) is 31.0 Å². The van der Waals surface area contributed by atoms with Crippen molar-refractivity contribution in [2.45, 2.75) is 32.4 Å². The van der Waals surface area contributed by atoms with Gasteiger partial charge in [-0.05, 0) is 19.4 Å². The van der Waals surface area contributed by atoms with Gasteiger partial charge in [-0.15, -0.1) is 0 Å². The summed E-state index contributed by atoms with van der Waals surface area (Å²) in [4.78, 5) is 13.3. The minimum atomic E-state index is -0.509. The van der Waals surface area contributed by atoms with E-state index in [1.807, 2.05) is 31.2 Å². The number of nitrogens with two attached hydrogens (primary N) is 1. The summed E-state index contributed by atoms with van der Waals surface area (Å²) in [6.45, 7) is 3.77. The van der Waals surface area contributed by atoms with E-state index in [4.69, 9.17) is 10.5 Å². The number of benzene rings is 1. The summed E-state index contributed by atoms with van der Waals surface area (Å²) in [7, 11) is 3.43. The lowest BCUT2D eigenvalue weighted by Crippen LogP contribution is -2.35. The first-order valence-corrected chi connectivity index (χ1v) is 6.19. The molecule has 2 atom stereocenters. The molecule has 0 aliphatic rings. The lowest BCUT2D eigenvalue weighted by Gasteiger charge is -2.21. The SMILES string of the molecule is CCC(N)c1ccccc1OC(C)C(=O)N(C)C. The van der Waals surface area contributed by atoms with E-state index < -0.39 is 6.10 Å². The van der Waals surface area contributed by atoms with Crippen molar-refractivity contribution in [1.29, 1.82) is 0 Å². The van der Waals surface area contributed by atoms with Crippen LogP contribution in [-0.2, 0) is 4.79 Å². The molecule has 0 aliphatic heterocycles. The van der Waals surface area contributed by atoms with Crippen molar-refractivity contribution in [1.82, 2.24) is 4.90 Å². The van der Waals surface area contributed by atoms with Crippen molar-refractivity contribution >= 4 is 5.91 Å². The van der Waals surface area contributed by atoms with Crippen LogP contribution >= 0.6 is 0 Å². The summed E-state index contributed by atoms with van der Waals surface area (Å²) in [5.41, 5.74) is 6.97. The zero-order valence-electron chi connectivity index (χ0n) is 11.5. The molecule has 1 rings (SSSR count). The van der Waals surface area contributed by atoms with Crippen molar-refractivity contribution in [3.05, 3.63) is 29.8 Å². The molecule has 18 heavy (non-hydrogen) atoms. The minimum Gasteiger partial charge on any atom is -0.481 e. The zero-order valence-corrected chi connectivity index (χ0v) is 11.5. The van der Waals surface area contributed by atoms with Gasteiger partial charge in [-0.2, -0.15) is 0 Å². The van der Waals surface area contributed by atoms with Crippen LogP contribution in [0.2, 0.25) is 0 Å². The molecule has 1 aromatic carbocycles. The van der Waals surface area contributed by atoms with E-state index in [2.05, 4.69) is 0 Å². The Kier molecular flexibility index (Phi) is 5.16. The molecule has 0 saturated carbocycles. The first-order chi connectivity index (χ1) is 8.47. The normalized spacial score (nSPS) is 13.8. The van der Waals surface area contributed by atoms with Crippen LogP contribution in [0.1, 0.15) is 31.9 Å². The van der Waals surface area contributed by atoms with Crippen molar-refractivity contribution in [2.75, 3.05) is 14.1 Å². The highest BCUT2D eigenvalue weighted by Crippen LogP contribution is 2.26. The number of hydrogen-bond donors (Lipinski definition) is 1. The maximum absolute atomic E-state index is 11.8. The fourth-order valence-corrected chi connectivity index (χ4v) is 1.72. The molecule has 0 fully saturated rings. The fourth-order valence-electron chi connectivity index (χ4n) is 1.72. The van der Waals surface area contributed by atoms with E-state index in [-0.39, 0.29) is 11.9 Å². The van der Waals surface area contributed by atoms with Crippen molar-refractivity contribution in [3.8, 4) is 5.75 Å². The van der Waals surface area contributed by atoms with Crippen LogP contribution in [0.25, 0.3) is 0 Å². The van der Waals surface area contributed by atoms with Gasteiger partial charge in [0, 0.05) is 25.7 Å². The largest absolute Gasteiger partial charge is 0.481 e. The Bertz CT molecular complexity index is 405. The third kappa shape index (κ3) is 3.47. The Morgan fingerprint density at radius 1 is 1.39 bits per heavy atom. The monoisotopic (exact) mass is 250 g/mol. The number of rotatable bonds is 5. The molecule has 0 aliphatic carbocycles. The van der Waals surface area contributed by atoms with Gasteiger partial charge in [0.2, 0.25) is 0 Å². The lowest BCUT2D eigenvalue weighted by molar-refractivity contribution is -0.135. The molecular weight excluding hydrogens is 228 g/mol. The van der Waals surface area contributed by atoms with Gasteiger partial charge >= 0.3 is 0 Å². The number of para-hydroxylation sites is 1. The Labute approximate surface area is 109 Å². The predicted molar refractivity (Wildman–Crippen MR) is 72.4 cm³/mol. The van der Waals surface area contributed by atoms with Gasteiger partial charge in [-0.1, -0.05) is 25.1 Å². The van der Waals surface area contributed by atoms with Crippen molar-refractivity contribution < 1.29 is 9.53 Å². The van der Waals surface area contributed by atoms with Gasteiger partial charge < -0.3 is 15.4 Å². The average Bonchev–Trinajstić information content (AvgIpc) is 2.37. The highest BCUT2D eigenvalue weighted by atomic mass is 16.5. The van der Waals surface area contributed by atoms with Crippen LogP contribution in [0.3, 0.4) is 0 Å². The first-order valence-electron chi connectivity index (χ1n) is 6.19. The van der Waals surface area contributed by atoms with E-state index in [1.165, 1.54) is 4.90 Å². The highest BCUT2D eigenvalue weighted by molar-refractivity contribution is 5.80. The second kappa shape index (κ2) is 6.40.